The Hall–Kier alpha value is -4.91. The summed E-state index contributed by atoms with van der Waals surface area (Å²) in [6.07, 6.45) is -0.367. The molecule has 0 saturated carbocycles. The summed E-state index contributed by atoms with van der Waals surface area (Å²) in [6, 6.07) is 19.3. The van der Waals surface area contributed by atoms with Gasteiger partial charge in [-0.25, -0.2) is 13.2 Å². The van der Waals surface area contributed by atoms with Crippen LogP contribution in [0, 0.1) is 4.91 Å². The number of aromatic nitrogens is 2. The van der Waals surface area contributed by atoms with Crippen molar-refractivity contribution in [1.82, 2.24) is 5.16 Å². The van der Waals surface area contributed by atoms with E-state index in [1.165, 1.54) is 48.5 Å². The summed E-state index contributed by atoms with van der Waals surface area (Å²) in [6.45, 7) is -0.380. The highest BCUT2D eigenvalue weighted by molar-refractivity contribution is 7.91. The number of sulfone groups is 1. The summed E-state index contributed by atoms with van der Waals surface area (Å²) in [4.78, 5) is 40.8. The molecule has 0 spiro atoms. The second-order valence-electron chi connectivity index (χ2n) is 7.56. The van der Waals surface area contributed by atoms with Crippen LogP contribution in [0.4, 0.5) is 5.69 Å². The molecule has 14 heteroatoms. The quantitative estimate of drug-likeness (QED) is 0.129. The number of thiocarbonyl (C=S) groups is 1. The number of rotatable bonds is 10. The van der Waals surface area contributed by atoms with Crippen LogP contribution < -0.4 is 18.8 Å². The van der Waals surface area contributed by atoms with E-state index >= 15 is 0 Å². The van der Waals surface area contributed by atoms with Gasteiger partial charge in [0.05, 0.1) is 22.2 Å². The second kappa shape index (κ2) is 12.1. The van der Waals surface area contributed by atoms with Gasteiger partial charge in [-0.1, -0.05) is 35.0 Å². The maximum atomic E-state index is 12.8. The number of aromatic amines is 1. The number of hydrogen-bond acceptors (Lipinski definition) is 11. The van der Waals surface area contributed by atoms with E-state index in [9.17, 15) is 22.9 Å². The van der Waals surface area contributed by atoms with Gasteiger partial charge in [-0.05, 0) is 70.8 Å². The molecule has 3 aromatic carbocycles. The van der Waals surface area contributed by atoms with Gasteiger partial charge in [-0.3, -0.25) is 4.79 Å². The van der Waals surface area contributed by atoms with Gasteiger partial charge < -0.3 is 14.2 Å². The Morgan fingerprint density at radius 3 is 2.38 bits per heavy atom. The number of nitrogens with zero attached hydrogens (tertiary/aromatic N) is 2. The summed E-state index contributed by atoms with van der Waals surface area (Å²) >= 11 is 4.55. The maximum absolute atomic E-state index is 12.8. The number of ether oxygens (including phenoxy) is 3. The Labute approximate surface area is 225 Å². The maximum Gasteiger partial charge on any atom is 0.404 e. The van der Waals surface area contributed by atoms with E-state index in [0.29, 0.717) is 5.69 Å². The van der Waals surface area contributed by atoms with Gasteiger partial charge in [-0.2, -0.15) is 4.99 Å². The first-order chi connectivity index (χ1) is 18.8. The van der Waals surface area contributed by atoms with Crippen molar-refractivity contribution in [2.45, 2.75) is 16.3 Å². The number of aliphatic imine (C=N–C) groups is 1. The first-order valence-corrected chi connectivity index (χ1v) is 13.0. The zero-order chi connectivity index (χ0) is 27.8. The highest BCUT2D eigenvalue weighted by Gasteiger charge is 2.37. The Balaban J connectivity index is 1.39. The average molecular weight is 569 g/mol. The molecule has 12 nitrogen and oxygen atoms in total. The molecular formula is C25H18N3O9S2+. The number of esters is 2. The molecule has 0 radical (unpaired) electrons. The topological polar surface area (TPSA) is 160 Å². The molecule has 0 unspecified atom stereocenters. The van der Waals surface area contributed by atoms with E-state index in [2.05, 4.69) is 32.2 Å². The van der Waals surface area contributed by atoms with Crippen molar-refractivity contribution in [1.29, 1.82) is 0 Å². The van der Waals surface area contributed by atoms with Gasteiger partial charge in [0.25, 0.3) is 9.84 Å². The third-order valence-electron chi connectivity index (χ3n) is 4.99. The lowest BCUT2D eigenvalue weighted by molar-refractivity contribution is -0.744. The number of nitrogens with one attached hydrogen (secondary N) is 1. The van der Waals surface area contributed by atoms with Gasteiger partial charge in [0, 0.05) is 0 Å². The molecule has 4 rings (SSSR count). The molecule has 0 fully saturated rings. The van der Waals surface area contributed by atoms with Crippen LogP contribution in [-0.4, -0.2) is 37.3 Å². The summed E-state index contributed by atoms with van der Waals surface area (Å²) in [7, 11) is -4.28. The molecule has 1 heterocycles. The normalized spacial score (nSPS) is 10.8. The predicted molar refractivity (Wildman–Crippen MR) is 137 cm³/mol. The molecule has 0 bridgehead atoms. The molecule has 0 aliphatic heterocycles. The Bertz CT molecular complexity index is 1710. The standard InChI is InChI=1S/C25H18N3O9S2/c29-22(14-15-34-23-24(28(31)37-27-23)39(32,33)19-6-2-1-3-7-19)36-21-9-5-4-8-20(21)25(30)35-18-12-10-17(11-13-18)26-16-38/h1-13,27H,14-15H2/q+1. The van der Waals surface area contributed by atoms with Crippen LogP contribution in [0.15, 0.2) is 98.4 Å². The van der Waals surface area contributed by atoms with Crippen LogP contribution in [0.1, 0.15) is 16.8 Å². The smallest absolute Gasteiger partial charge is 0.404 e. The summed E-state index contributed by atoms with van der Waals surface area (Å²) < 4.78 is 45.8. The molecule has 0 saturated heterocycles. The van der Waals surface area contributed by atoms with Crippen molar-refractivity contribution in [3.63, 3.8) is 0 Å². The average Bonchev–Trinajstić information content (AvgIpc) is 3.31. The van der Waals surface area contributed by atoms with Crippen LogP contribution in [0.3, 0.4) is 0 Å². The van der Waals surface area contributed by atoms with Crippen LogP contribution in [-0.2, 0) is 14.6 Å². The monoisotopic (exact) mass is 568 g/mol. The van der Waals surface area contributed by atoms with Crippen molar-refractivity contribution in [3.8, 4) is 17.4 Å². The molecular weight excluding hydrogens is 550 g/mol. The van der Waals surface area contributed by atoms with Crippen molar-refractivity contribution < 1.29 is 41.4 Å². The van der Waals surface area contributed by atoms with Crippen LogP contribution in [0.25, 0.3) is 0 Å². The lowest BCUT2D eigenvalue weighted by Crippen LogP contribution is -2.22. The molecule has 4 aromatic rings. The number of benzene rings is 3. The largest absolute Gasteiger partial charge is 0.456 e. The van der Waals surface area contributed by atoms with Crippen molar-refractivity contribution >= 4 is 44.8 Å². The van der Waals surface area contributed by atoms with E-state index in [1.54, 1.807) is 30.3 Å². The van der Waals surface area contributed by atoms with Crippen molar-refractivity contribution in [2.75, 3.05) is 6.61 Å². The van der Waals surface area contributed by atoms with Crippen LogP contribution in [0.5, 0.6) is 17.4 Å². The lowest BCUT2D eigenvalue weighted by atomic mass is 10.2. The van der Waals surface area contributed by atoms with Gasteiger partial charge in [-0.15, -0.1) is 0 Å². The summed E-state index contributed by atoms with van der Waals surface area (Å²) in [5.74, 6) is -1.90. The Morgan fingerprint density at radius 1 is 0.974 bits per heavy atom. The number of carbonyl (C=O) groups excluding carboxylic acids is 2. The number of para-hydroxylation sites is 1. The molecule has 0 aliphatic carbocycles. The molecule has 1 N–H and O–H groups in total. The van der Waals surface area contributed by atoms with E-state index in [-0.39, 0.29) is 39.6 Å². The highest BCUT2D eigenvalue weighted by Crippen LogP contribution is 2.25. The van der Waals surface area contributed by atoms with E-state index in [4.69, 9.17) is 14.2 Å². The zero-order valence-electron chi connectivity index (χ0n) is 19.8. The first-order valence-electron chi connectivity index (χ1n) is 11.1. The molecule has 1 aromatic heterocycles. The fourth-order valence-corrected chi connectivity index (χ4v) is 4.63. The minimum Gasteiger partial charge on any atom is -0.456 e. The van der Waals surface area contributed by atoms with E-state index < -0.39 is 32.7 Å². The minimum atomic E-state index is -4.28. The Morgan fingerprint density at radius 2 is 1.67 bits per heavy atom. The van der Waals surface area contributed by atoms with Crippen molar-refractivity contribution in [3.05, 3.63) is 89.3 Å². The van der Waals surface area contributed by atoms with Gasteiger partial charge in [0.2, 0.25) is 4.60 Å². The zero-order valence-corrected chi connectivity index (χ0v) is 21.4. The number of isothiocyanates is 1. The number of hydrogen-bond donors (Lipinski definition) is 1. The minimum absolute atomic E-state index is 0.0143. The fourth-order valence-electron chi connectivity index (χ4n) is 3.21. The second-order valence-corrected chi connectivity index (χ2v) is 9.60. The molecule has 39 heavy (non-hydrogen) atoms. The van der Waals surface area contributed by atoms with Crippen LogP contribution in [0.2, 0.25) is 0 Å². The van der Waals surface area contributed by atoms with E-state index in [0.717, 1.165) is 0 Å². The molecule has 0 atom stereocenters. The molecule has 0 amide bonds. The van der Waals surface area contributed by atoms with Gasteiger partial charge in [0.15, 0.2) is 0 Å². The highest BCUT2D eigenvalue weighted by atomic mass is 32.2. The predicted octanol–water partition coefficient (Wildman–Crippen LogP) is 3.68. The van der Waals surface area contributed by atoms with E-state index in [1.807, 2.05) is 0 Å². The third-order valence-corrected chi connectivity index (χ3v) is 6.82. The SMILES string of the molecule is O=C(CCOc1[nH]o[n+](=O)c1S(=O)(=O)c1ccccc1)Oc1ccccc1C(=O)Oc1ccc(N=C=S)cc1. The first kappa shape index (κ1) is 27.1. The van der Waals surface area contributed by atoms with Crippen molar-refractivity contribution in [2.24, 2.45) is 4.99 Å². The third kappa shape index (κ3) is 6.51. The van der Waals surface area contributed by atoms with Gasteiger partial charge >= 0.3 is 22.8 Å². The van der Waals surface area contributed by atoms with Crippen LogP contribution >= 0.6 is 12.2 Å². The number of carbonyl (C=O) groups is 2. The Kier molecular flexibility index (Phi) is 8.41. The fraction of sp³-hybridized carbons (Fsp3) is 0.0800. The summed E-state index contributed by atoms with van der Waals surface area (Å²) in [5, 5.41) is 3.50. The lowest BCUT2D eigenvalue weighted by Gasteiger charge is -2.10. The number of H-pyrrole nitrogens is 1. The molecule has 198 valence electrons. The van der Waals surface area contributed by atoms with Gasteiger partial charge in [0.1, 0.15) is 23.7 Å². The summed E-state index contributed by atoms with van der Waals surface area (Å²) in [5.41, 5.74) is 0.517. The molecule has 0 aliphatic rings.